The van der Waals surface area contributed by atoms with Crippen LogP contribution in [0, 0.1) is 28.9 Å². The van der Waals surface area contributed by atoms with Crippen LogP contribution in [0.4, 0.5) is 0 Å². The minimum atomic E-state index is -0.0177. The molecule has 2 nitrogen and oxygen atoms in total. The lowest BCUT2D eigenvalue weighted by atomic mass is 9.91. The summed E-state index contributed by atoms with van der Waals surface area (Å²) in [5.74, 6) is 2.90. The number of hydrogen-bond donors (Lipinski definition) is 0. The van der Waals surface area contributed by atoms with Gasteiger partial charge < -0.3 is 9.85 Å². The highest BCUT2D eigenvalue weighted by Gasteiger charge is 2.22. The summed E-state index contributed by atoms with van der Waals surface area (Å²) in [7, 11) is 1.96. The van der Waals surface area contributed by atoms with Crippen LogP contribution < -0.4 is 0 Å². The predicted octanol–water partition coefficient (Wildman–Crippen LogP) is 10.5. The minimum absolute atomic E-state index is 0.0177. The quantitative estimate of drug-likeness (QED) is 0.0786. The van der Waals surface area contributed by atoms with Gasteiger partial charge in [-0.05, 0) is 37.5 Å². The van der Waals surface area contributed by atoms with Gasteiger partial charge >= 0.3 is 0 Å². The van der Waals surface area contributed by atoms with E-state index in [2.05, 4.69) is 41.5 Å². The Morgan fingerprint density at radius 1 is 0.515 bits per heavy atom. The van der Waals surface area contributed by atoms with E-state index in [1.807, 2.05) is 7.05 Å². The fraction of sp³-hybridized carbons (Fsp3) is 1.00. The molecule has 4 atom stereocenters. The van der Waals surface area contributed by atoms with Crippen molar-refractivity contribution < 1.29 is 4.65 Å². The fourth-order valence-corrected chi connectivity index (χ4v) is 5.65. The first-order valence-electron chi connectivity index (χ1n) is 15.3. The fourth-order valence-electron chi connectivity index (χ4n) is 5.65. The zero-order chi connectivity index (χ0) is 25.0. The van der Waals surface area contributed by atoms with E-state index in [1.54, 1.807) is 0 Å². The molecule has 200 valence electrons. The summed E-state index contributed by atoms with van der Waals surface area (Å²) >= 11 is 0. The smallest absolute Gasteiger partial charge is 0.0810 e. The maximum atomic E-state index is 13.4. The SMILES string of the molecule is CCCCCCC(C)CCCC(CC)C[N+](C)([O-])CC(CC)CCCC(C)CCCCCC. The van der Waals surface area contributed by atoms with Crippen LogP contribution in [-0.4, -0.2) is 24.8 Å². The molecule has 0 aliphatic rings. The Bertz CT molecular complexity index is 372. The van der Waals surface area contributed by atoms with Crippen LogP contribution in [-0.2, 0) is 0 Å². The molecule has 0 aliphatic carbocycles. The Hall–Kier alpha value is -0.0800. The zero-order valence-electron chi connectivity index (χ0n) is 24.3. The summed E-state index contributed by atoms with van der Waals surface area (Å²) in [4.78, 5) is 0. The Balaban J connectivity index is 4.20. The topological polar surface area (TPSA) is 23.1 Å². The van der Waals surface area contributed by atoms with E-state index in [0.717, 1.165) is 37.8 Å². The normalized spacial score (nSPS) is 17.5. The monoisotopic (exact) mass is 468 g/mol. The van der Waals surface area contributed by atoms with Crippen LogP contribution >= 0.6 is 0 Å². The molecule has 0 radical (unpaired) electrons. The molecule has 0 spiro atoms. The predicted molar refractivity (Wildman–Crippen MR) is 150 cm³/mol. The van der Waals surface area contributed by atoms with E-state index in [9.17, 15) is 5.21 Å². The first-order chi connectivity index (χ1) is 15.8. The van der Waals surface area contributed by atoms with Gasteiger partial charge in [0.15, 0.2) is 0 Å². The third-order valence-corrected chi connectivity index (χ3v) is 8.16. The molecule has 0 aliphatic heterocycles. The van der Waals surface area contributed by atoms with Gasteiger partial charge in [-0.25, -0.2) is 0 Å². The molecule has 4 unspecified atom stereocenters. The van der Waals surface area contributed by atoms with Gasteiger partial charge in [0.2, 0.25) is 0 Å². The van der Waals surface area contributed by atoms with Gasteiger partial charge in [0.05, 0.1) is 20.1 Å². The van der Waals surface area contributed by atoms with Gasteiger partial charge in [-0.1, -0.05) is 131 Å². The standard InChI is InChI=1S/C31H65NO/c1-8-12-14-16-20-28(5)22-18-24-30(10-3)26-32(7,33)27-31(11-4)25-19-23-29(6)21-17-15-13-9-2/h28-31H,8-27H2,1-7H3. The van der Waals surface area contributed by atoms with Crippen molar-refractivity contribution in [3.63, 3.8) is 0 Å². The van der Waals surface area contributed by atoms with Crippen molar-refractivity contribution in [2.45, 2.75) is 157 Å². The average molecular weight is 468 g/mol. The first-order valence-corrected chi connectivity index (χ1v) is 15.3. The van der Waals surface area contributed by atoms with Crippen molar-refractivity contribution >= 4 is 0 Å². The van der Waals surface area contributed by atoms with Crippen LogP contribution in [0.5, 0.6) is 0 Å². The molecule has 0 bridgehead atoms. The largest absolute Gasteiger partial charge is 0.633 e. The van der Waals surface area contributed by atoms with E-state index in [-0.39, 0.29) is 4.65 Å². The van der Waals surface area contributed by atoms with Crippen molar-refractivity contribution in [3.05, 3.63) is 5.21 Å². The molecule has 0 aromatic carbocycles. The number of unbranched alkanes of at least 4 members (excludes halogenated alkanes) is 6. The van der Waals surface area contributed by atoms with Gasteiger partial charge in [-0.2, -0.15) is 0 Å². The molecular weight excluding hydrogens is 402 g/mol. The lowest BCUT2D eigenvalue weighted by molar-refractivity contribution is -0.868. The lowest BCUT2D eigenvalue weighted by Gasteiger charge is -2.43. The Morgan fingerprint density at radius 3 is 1.21 bits per heavy atom. The molecule has 0 heterocycles. The molecule has 0 aromatic rings. The molecule has 0 N–H and O–H groups in total. The highest BCUT2D eigenvalue weighted by molar-refractivity contribution is 4.65. The number of hydroxylamine groups is 3. The summed E-state index contributed by atoms with van der Waals surface area (Å²) < 4.78 is -0.0177. The molecule has 0 amide bonds. The summed E-state index contributed by atoms with van der Waals surface area (Å²) in [6, 6.07) is 0. The van der Waals surface area contributed by atoms with Gasteiger partial charge in [0.25, 0.3) is 0 Å². The van der Waals surface area contributed by atoms with Crippen LogP contribution in [0.2, 0.25) is 0 Å². The highest BCUT2D eigenvalue weighted by atomic mass is 16.5. The van der Waals surface area contributed by atoms with E-state index < -0.39 is 0 Å². The molecule has 0 rings (SSSR count). The van der Waals surface area contributed by atoms with Crippen LogP contribution in [0.3, 0.4) is 0 Å². The minimum Gasteiger partial charge on any atom is -0.633 e. The lowest BCUT2D eigenvalue weighted by Crippen LogP contribution is -2.45. The Labute approximate surface area is 210 Å². The van der Waals surface area contributed by atoms with Crippen molar-refractivity contribution in [1.82, 2.24) is 0 Å². The van der Waals surface area contributed by atoms with Gasteiger partial charge in [0.1, 0.15) is 0 Å². The number of hydrogen-bond acceptors (Lipinski definition) is 1. The second-order valence-electron chi connectivity index (χ2n) is 12.0. The second-order valence-corrected chi connectivity index (χ2v) is 12.0. The van der Waals surface area contributed by atoms with E-state index >= 15 is 0 Å². The molecule has 0 aromatic heterocycles. The van der Waals surface area contributed by atoms with Crippen LogP contribution in [0.1, 0.15) is 157 Å². The molecule has 0 saturated carbocycles. The maximum absolute atomic E-state index is 13.4. The zero-order valence-corrected chi connectivity index (χ0v) is 24.3. The van der Waals surface area contributed by atoms with Crippen LogP contribution in [0.15, 0.2) is 0 Å². The Morgan fingerprint density at radius 2 is 0.879 bits per heavy atom. The number of quaternary nitrogens is 1. The second kappa shape index (κ2) is 21.2. The van der Waals surface area contributed by atoms with E-state index in [4.69, 9.17) is 0 Å². The van der Waals surface area contributed by atoms with E-state index in [0.29, 0.717) is 11.8 Å². The van der Waals surface area contributed by atoms with E-state index in [1.165, 1.54) is 103 Å². The number of nitrogens with zero attached hydrogens (tertiary/aromatic N) is 1. The third kappa shape index (κ3) is 19.9. The molecular formula is C31H65NO. The molecule has 33 heavy (non-hydrogen) atoms. The van der Waals surface area contributed by atoms with Crippen molar-refractivity contribution in [2.24, 2.45) is 23.7 Å². The highest BCUT2D eigenvalue weighted by Crippen LogP contribution is 2.25. The molecule has 2 heteroatoms. The van der Waals surface area contributed by atoms with Crippen LogP contribution in [0.25, 0.3) is 0 Å². The van der Waals surface area contributed by atoms with Crippen molar-refractivity contribution in [3.8, 4) is 0 Å². The molecule has 0 saturated heterocycles. The van der Waals surface area contributed by atoms with Gasteiger partial charge in [-0.3, -0.25) is 0 Å². The summed E-state index contributed by atoms with van der Waals surface area (Å²) in [5, 5.41) is 13.4. The average Bonchev–Trinajstić information content (AvgIpc) is 2.78. The molecule has 0 fully saturated rings. The maximum Gasteiger partial charge on any atom is 0.0810 e. The first kappa shape index (κ1) is 32.9. The summed E-state index contributed by atoms with van der Waals surface area (Å²) in [6.45, 7) is 15.7. The number of rotatable bonds is 24. The van der Waals surface area contributed by atoms with Crippen molar-refractivity contribution in [2.75, 3.05) is 20.1 Å². The summed E-state index contributed by atoms with van der Waals surface area (Å²) in [5.41, 5.74) is 0. The Kier molecular flexibility index (Phi) is 21.2. The summed E-state index contributed by atoms with van der Waals surface area (Å²) in [6.07, 6.45) is 24.0. The third-order valence-electron chi connectivity index (χ3n) is 8.16. The van der Waals surface area contributed by atoms with Crippen molar-refractivity contribution in [1.29, 1.82) is 0 Å². The van der Waals surface area contributed by atoms with Gasteiger partial charge in [0, 0.05) is 11.8 Å². The van der Waals surface area contributed by atoms with Gasteiger partial charge in [-0.15, -0.1) is 0 Å².